The lowest BCUT2D eigenvalue weighted by atomic mass is 9.91. The van der Waals surface area contributed by atoms with Crippen molar-refractivity contribution in [3.63, 3.8) is 0 Å². The highest BCUT2D eigenvalue weighted by atomic mass is 16.2. The number of nitrogens with zero attached hydrogens (tertiary/aromatic N) is 5. The Hall–Kier alpha value is -3.21. The molecule has 0 spiro atoms. The number of aromatic nitrogens is 3. The van der Waals surface area contributed by atoms with E-state index in [1.54, 1.807) is 4.90 Å². The average molecular weight is 380 g/mol. The van der Waals surface area contributed by atoms with E-state index < -0.39 is 0 Å². The largest absolute Gasteiger partial charge is 0.350 e. The van der Waals surface area contributed by atoms with Crippen molar-refractivity contribution in [3.05, 3.63) is 31.2 Å². The molecule has 0 saturated carbocycles. The van der Waals surface area contributed by atoms with Gasteiger partial charge in [-0.25, -0.2) is 9.97 Å². The summed E-state index contributed by atoms with van der Waals surface area (Å²) >= 11 is 0. The van der Waals surface area contributed by atoms with Gasteiger partial charge in [0.05, 0.1) is 17.5 Å². The zero-order valence-corrected chi connectivity index (χ0v) is 16.0. The van der Waals surface area contributed by atoms with Gasteiger partial charge in [-0.1, -0.05) is 13.5 Å². The van der Waals surface area contributed by atoms with Crippen molar-refractivity contribution in [2.45, 2.75) is 32.2 Å². The third-order valence-corrected chi connectivity index (χ3v) is 5.33. The number of likely N-dealkylation sites (tertiary alicyclic amines) is 1. The zero-order chi connectivity index (χ0) is 20.1. The molecular weight excluding hydrogens is 356 g/mol. The van der Waals surface area contributed by atoms with E-state index in [1.165, 1.54) is 12.4 Å². The van der Waals surface area contributed by atoms with Crippen molar-refractivity contribution in [3.8, 4) is 6.07 Å². The number of hydrogen-bond donors (Lipinski definition) is 1. The highest BCUT2D eigenvalue weighted by Crippen LogP contribution is 2.30. The first-order valence-corrected chi connectivity index (χ1v) is 9.40. The van der Waals surface area contributed by atoms with E-state index in [9.17, 15) is 9.59 Å². The second kappa shape index (κ2) is 8.65. The Morgan fingerprint density at radius 3 is 3.07 bits per heavy atom. The summed E-state index contributed by atoms with van der Waals surface area (Å²) in [6.07, 6.45) is 5.66. The number of piperidine rings is 1. The molecule has 2 aromatic heterocycles. The zero-order valence-electron chi connectivity index (χ0n) is 16.0. The molecule has 1 N–H and O–H groups in total. The van der Waals surface area contributed by atoms with Crippen LogP contribution in [0, 0.1) is 17.2 Å². The predicted octanol–water partition coefficient (Wildman–Crippen LogP) is 2.06. The standard InChI is InChI=1S/C20H24N6O2/c1-3-15(27)7-11-26(20-16-5-9-22-19(16)23-13-24-20)17-12-25(10-6-14(17)2)18(28)4-8-21/h3,5,9,13-14,17H,1,4,6-7,10-12H2,2H3,(H,22,23,24). The predicted molar refractivity (Wildman–Crippen MR) is 105 cm³/mol. The van der Waals surface area contributed by atoms with Crippen molar-refractivity contribution in [2.75, 3.05) is 24.5 Å². The van der Waals surface area contributed by atoms with E-state index in [0.29, 0.717) is 32.0 Å². The number of ketones is 1. The molecule has 1 amide bonds. The van der Waals surface area contributed by atoms with Crippen LogP contribution in [-0.4, -0.2) is 57.2 Å². The molecule has 8 heteroatoms. The first-order chi connectivity index (χ1) is 13.5. The normalized spacial score (nSPS) is 19.2. The maximum atomic E-state index is 12.3. The fraction of sp³-hybridized carbons (Fsp3) is 0.450. The summed E-state index contributed by atoms with van der Waals surface area (Å²) in [4.78, 5) is 39.9. The lowest BCUT2D eigenvalue weighted by Crippen LogP contribution is -2.54. The number of nitrogens with one attached hydrogen (secondary N) is 1. The minimum atomic E-state index is -0.156. The van der Waals surface area contributed by atoms with Gasteiger partial charge in [0.15, 0.2) is 5.78 Å². The van der Waals surface area contributed by atoms with Crippen molar-refractivity contribution < 1.29 is 9.59 Å². The number of hydrogen-bond acceptors (Lipinski definition) is 6. The molecule has 1 fully saturated rings. The minimum absolute atomic E-state index is 0.0120. The molecule has 0 bridgehead atoms. The molecule has 1 saturated heterocycles. The molecule has 2 atom stereocenters. The fourth-order valence-corrected chi connectivity index (χ4v) is 3.71. The summed E-state index contributed by atoms with van der Waals surface area (Å²) in [5, 5.41) is 9.74. The van der Waals surface area contributed by atoms with E-state index >= 15 is 0 Å². The lowest BCUT2D eigenvalue weighted by molar-refractivity contribution is -0.131. The molecule has 8 nitrogen and oxygen atoms in total. The second-order valence-electron chi connectivity index (χ2n) is 7.06. The van der Waals surface area contributed by atoms with Gasteiger partial charge in [0.1, 0.15) is 24.2 Å². The van der Waals surface area contributed by atoms with Gasteiger partial charge in [-0.15, -0.1) is 0 Å². The SMILES string of the molecule is C=CC(=O)CCN(c1ncnc2[nH]ccc12)C1CN(C(=O)CC#N)CCC1C. The highest BCUT2D eigenvalue weighted by molar-refractivity contribution is 5.90. The summed E-state index contributed by atoms with van der Waals surface area (Å²) in [7, 11) is 0. The molecule has 1 aliphatic heterocycles. The molecule has 146 valence electrons. The second-order valence-corrected chi connectivity index (χ2v) is 7.06. The number of amides is 1. The number of aromatic amines is 1. The quantitative estimate of drug-likeness (QED) is 0.737. The van der Waals surface area contributed by atoms with Crippen molar-refractivity contribution >= 4 is 28.5 Å². The third-order valence-electron chi connectivity index (χ3n) is 5.33. The van der Waals surface area contributed by atoms with E-state index in [-0.39, 0.29) is 24.2 Å². The smallest absolute Gasteiger partial charge is 0.236 e. The summed E-state index contributed by atoms with van der Waals surface area (Å²) in [5.74, 6) is 0.852. The van der Waals surface area contributed by atoms with Gasteiger partial charge in [-0.05, 0) is 24.5 Å². The number of rotatable bonds is 7. The Kier molecular flexibility index (Phi) is 6.04. The van der Waals surface area contributed by atoms with Crippen LogP contribution in [0.2, 0.25) is 0 Å². The maximum Gasteiger partial charge on any atom is 0.236 e. The third kappa shape index (κ3) is 4.03. The van der Waals surface area contributed by atoms with Crippen molar-refractivity contribution in [1.29, 1.82) is 5.26 Å². The van der Waals surface area contributed by atoms with Gasteiger partial charge in [-0.2, -0.15) is 5.26 Å². The van der Waals surface area contributed by atoms with Gasteiger partial charge in [0.2, 0.25) is 5.91 Å². The van der Waals surface area contributed by atoms with Crippen LogP contribution in [0.25, 0.3) is 11.0 Å². The molecule has 2 aromatic rings. The molecule has 0 aromatic carbocycles. The molecule has 0 radical (unpaired) electrons. The van der Waals surface area contributed by atoms with E-state index in [0.717, 1.165) is 23.3 Å². The monoisotopic (exact) mass is 380 g/mol. The van der Waals surface area contributed by atoms with Gasteiger partial charge in [-0.3, -0.25) is 9.59 Å². The summed E-state index contributed by atoms with van der Waals surface area (Å²) in [6.45, 7) is 7.31. The van der Waals surface area contributed by atoms with Crippen LogP contribution < -0.4 is 4.90 Å². The van der Waals surface area contributed by atoms with Crippen LogP contribution in [-0.2, 0) is 9.59 Å². The van der Waals surface area contributed by atoms with E-state index in [2.05, 4.69) is 33.4 Å². The first-order valence-electron chi connectivity index (χ1n) is 9.40. The Balaban J connectivity index is 1.94. The van der Waals surface area contributed by atoms with E-state index in [1.807, 2.05) is 18.3 Å². The Bertz CT molecular complexity index is 915. The number of carbonyl (C=O) groups is 2. The van der Waals surface area contributed by atoms with Crippen LogP contribution in [0.4, 0.5) is 5.82 Å². The van der Waals surface area contributed by atoms with Crippen LogP contribution in [0.1, 0.15) is 26.2 Å². The molecular formula is C20H24N6O2. The number of fused-ring (bicyclic) bond motifs is 1. The van der Waals surface area contributed by atoms with Crippen LogP contribution >= 0.6 is 0 Å². The van der Waals surface area contributed by atoms with Crippen molar-refractivity contribution in [2.24, 2.45) is 5.92 Å². The van der Waals surface area contributed by atoms with Gasteiger partial charge >= 0.3 is 0 Å². The van der Waals surface area contributed by atoms with Crippen molar-refractivity contribution in [1.82, 2.24) is 19.9 Å². The minimum Gasteiger partial charge on any atom is -0.350 e. The summed E-state index contributed by atoms with van der Waals surface area (Å²) < 4.78 is 0. The number of allylic oxidation sites excluding steroid dienone is 1. The van der Waals surface area contributed by atoms with Gasteiger partial charge < -0.3 is 14.8 Å². The molecule has 2 unspecified atom stereocenters. The van der Waals surface area contributed by atoms with Crippen LogP contribution in [0.5, 0.6) is 0 Å². The highest BCUT2D eigenvalue weighted by Gasteiger charge is 2.34. The molecule has 0 aliphatic carbocycles. The molecule has 28 heavy (non-hydrogen) atoms. The fourth-order valence-electron chi connectivity index (χ4n) is 3.71. The Morgan fingerprint density at radius 2 is 2.32 bits per heavy atom. The molecule has 3 heterocycles. The summed E-state index contributed by atoms with van der Waals surface area (Å²) in [6, 6.07) is 3.84. The van der Waals surface area contributed by atoms with Gasteiger partial charge in [0, 0.05) is 32.3 Å². The lowest BCUT2D eigenvalue weighted by Gasteiger charge is -2.43. The number of anilines is 1. The van der Waals surface area contributed by atoms with Crippen LogP contribution in [0.3, 0.4) is 0 Å². The van der Waals surface area contributed by atoms with Crippen LogP contribution in [0.15, 0.2) is 31.2 Å². The first kappa shape index (κ1) is 19.5. The van der Waals surface area contributed by atoms with E-state index in [4.69, 9.17) is 5.26 Å². The number of carbonyl (C=O) groups excluding carboxylic acids is 2. The maximum absolute atomic E-state index is 12.3. The summed E-state index contributed by atoms with van der Waals surface area (Å²) in [5.41, 5.74) is 0.728. The number of H-pyrrole nitrogens is 1. The number of nitriles is 1. The topological polar surface area (TPSA) is 106 Å². The molecule has 3 rings (SSSR count). The average Bonchev–Trinajstić information content (AvgIpc) is 3.18. The molecule has 1 aliphatic rings. The van der Waals surface area contributed by atoms with Gasteiger partial charge in [0.25, 0.3) is 0 Å². The Labute approximate surface area is 163 Å². The Morgan fingerprint density at radius 1 is 1.50 bits per heavy atom.